The third kappa shape index (κ3) is 5.06. The van der Waals surface area contributed by atoms with Gasteiger partial charge in [0, 0.05) is 6.54 Å². The predicted molar refractivity (Wildman–Crippen MR) is 74.9 cm³/mol. The third-order valence-corrected chi connectivity index (χ3v) is 5.37. The van der Waals surface area contributed by atoms with E-state index >= 15 is 0 Å². The number of carbonyl (C=O) groups is 1. The van der Waals surface area contributed by atoms with Crippen LogP contribution >= 0.6 is 22.9 Å². The summed E-state index contributed by atoms with van der Waals surface area (Å²) >= 11 is 6.52. The quantitative estimate of drug-likeness (QED) is 0.821. The second-order valence-electron chi connectivity index (χ2n) is 4.36. The summed E-state index contributed by atoms with van der Waals surface area (Å²) in [6.45, 7) is 5.66. The van der Waals surface area contributed by atoms with Crippen LogP contribution in [0.15, 0.2) is 4.21 Å². The molecule has 1 aromatic rings. The van der Waals surface area contributed by atoms with Crippen LogP contribution in [0.25, 0.3) is 0 Å². The van der Waals surface area contributed by atoms with Crippen LogP contribution in [0.5, 0.6) is 0 Å². The molecule has 0 aliphatic rings. The van der Waals surface area contributed by atoms with E-state index in [0.717, 1.165) is 11.3 Å². The molecule has 1 rings (SSSR count). The number of amides is 1. The first-order chi connectivity index (χ1) is 8.72. The first kappa shape index (κ1) is 16.4. The first-order valence-electron chi connectivity index (χ1n) is 5.61. The summed E-state index contributed by atoms with van der Waals surface area (Å²) in [5.74, 6) is -0.0614. The van der Waals surface area contributed by atoms with Gasteiger partial charge in [0.2, 0.25) is 5.91 Å². The smallest absolute Gasteiger partial charge is 0.252 e. The molecule has 1 heterocycles. The molecule has 0 aliphatic carbocycles. The lowest BCUT2D eigenvalue weighted by Crippen LogP contribution is -2.38. The number of nitrogens with zero attached hydrogens (tertiary/aromatic N) is 1. The van der Waals surface area contributed by atoms with Crippen molar-refractivity contribution in [1.29, 1.82) is 0 Å². The van der Waals surface area contributed by atoms with E-state index in [4.69, 9.17) is 11.6 Å². The largest absolute Gasteiger partial charge is 0.355 e. The molecular formula is C10H16ClN3O3S2. The maximum absolute atomic E-state index is 11.9. The Labute approximate surface area is 121 Å². The summed E-state index contributed by atoms with van der Waals surface area (Å²) in [6.07, 6.45) is 0. The van der Waals surface area contributed by atoms with Crippen molar-refractivity contribution >= 4 is 38.9 Å². The monoisotopic (exact) mass is 325 g/mol. The minimum atomic E-state index is -3.74. The van der Waals surface area contributed by atoms with Gasteiger partial charge in [0.1, 0.15) is 0 Å². The minimum Gasteiger partial charge on any atom is -0.355 e. The molecule has 0 aliphatic heterocycles. The zero-order chi connectivity index (χ0) is 14.6. The average molecular weight is 326 g/mol. The topological polar surface area (TPSA) is 88.2 Å². The molecule has 0 atom stereocenters. The van der Waals surface area contributed by atoms with Gasteiger partial charge in [-0.3, -0.25) is 4.79 Å². The molecule has 1 aromatic heterocycles. The number of hydrogen-bond acceptors (Lipinski definition) is 5. The standard InChI is InChI=1S/C10H16ClN3O3S2/c1-6(2)4-12-8(15)5-13-19(16,17)9-7(3)14-10(11)18-9/h6,13H,4-5H2,1-3H3,(H,12,15). The number of sulfonamides is 1. The molecule has 9 heteroatoms. The summed E-state index contributed by atoms with van der Waals surface area (Å²) in [5.41, 5.74) is 0.324. The number of aromatic nitrogens is 1. The molecule has 2 N–H and O–H groups in total. The van der Waals surface area contributed by atoms with Gasteiger partial charge in [-0.05, 0) is 12.8 Å². The highest BCUT2D eigenvalue weighted by Crippen LogP contribution is 2.26. The van der Waals surface area contributed by atoms with Gasteiger partial charge in [-0.1, -0.05) is 36.8 Å². The number of halogens is 1. The Morgan fingerprint density at radius 3 is 2.58 bits per heavy atom. The summed E-state index contributed by atoms with van der Waals surface area (Å²) in [7, 11) is -3.74. The van der Waals surface area contributed by atoms with E-state index in [2.05, 4.69) is 15.0 Å². The molecule has 19 heavy (non-hydrogen) atoms. The number of aryl methyl sites for hydroxylation is 1. The second kappa shape index (κ2) is 6.65. The SMILES string of the molecule is Cc1nc(Cl)sc1S(=O)(=O)NCC(=O)NCC(C)C. The van der Waals surface area contributed by atoms with Crippen LogP contribution in [0.2, 0.25) is 4.47 Å². The van der Waals surface area contributed by atoms with Gasteiger partial charge in [0.05, 0.1) is 12.2 Å². The van der Waals surface area contributed by atoms with Crippen molar-refractivity contribution in [2.75, 3.05) is 13.1 Å². The van der Waals surface area contributed by atoms with Crippen molar-refractivity contribution in [3.05, 3.63) is 10.2 Å². The number of nitrogens with one attached hydrogen (secondary N) is 2. The summed E-state index contributed by atoms with van der Waals surface area (Å²) in [5, 5.41) is 2.62. The molecule has 0 spiro atoms. The fourth-order valence-corrected chi connectivity index (χ4v) is 3.97. The van der Waals surface area contributed by atoms with E-state index in [1.54, 1.807) is 6.92 Å². The van der Waals surface area contributed by atoms with E-state index in [0.29, 0.717) is 18.2 Å². The van der Waals surface area contributed by atoms with Gasteiger partial charge in [-0.2, -0.15) is 0 Å². The number of rotatable bonds is 6. The van der Waals surface area contributed by atoms with Crippen molar-refractivity contribution in [3.63, 3.8) is 0 Å². The summed E-state index contributed by atoms with van der Waals surface area (Å²) in [6, 6.07) is 0. The van der Waals surface area contributed by atoms with Gasteiger partial charge in [-0.15, -0.1) is 0 Å². The van der Waals surface area contributed by atoms with Gasteiger partial charge >= 0.3 is 0 Å². The Bertz CT molecular complexity index is 554. The van der Waals surface area contributed by atoms with E-state index in [1.165, 1.54) is 0 Å². The van der Waals surface area contributed by atoms with Crippen LogP contribution in [0.3, 0.4) is 0 Å². The van der Waals surface area contributed by atoms with Crippen LogP contribution < -0.4 is 10.0 Å². The molecule has 108 valence electrons. The Hall–Kier alpha value is -0.700. The van der Waals surface area contributed by atoms with Gasteiger partial charge in [0.15, 0.2) is 8.68 Å². The molecule has 0 unspecified atom stereocenters. The summed E-state index contributed by atoms with van der Waals surface area (Å²) in [4.78, 5) is 15.3. The molecule has 0 fully saturated rings. The number of hydrogen-bond donors (Lipinski definition) is 2. The summed E-state index contributed by atoms with van der Waals surface area (Å²) < 4.78 is 26.3. The van der Waals surface area contributed by atoms with E-state index in [9.17, 15) is 13.2 Å². The second-order valence-corrected chi connectivity index (χ2v) is 7.91. The molecule has 1 amide bonds. The highest BCUT2D eigenvalue weighted by Gasteiger charge is 2.22. The van der Waals surface area contributed by atoms with Crippen molar-refractivity contribution in [1.82, 2.24) is 15.0 Å². The Kier molecular flexibility index (Phi) is 5.72. The van der Waals surface area contributed by atoms with Gasteiger partial charge < -0.3 is 5.32 Å². The van der Waals surface area contributed by atoms with Crippen LogP contribution in [0, 0.1) is 12.8 Å². The maximum Gasteiger partial charge on any atom is 0.252 e. The fraction of sp³-hybridized carbons (Fsp3) is 0.600. The molecule has 0 radical (unpaired) electrons. The Balaban J connectivity index is 2.61. The highest BCUT2D eigenvalue weighted by molar-refractivity contribution is 7.91. The molecule has 6 nitrogen and oxygen atoms in total. The van der Waals surface area contributed by atoms with E-state index in [1.807, 2.05) is 13.8 Å². The third-order valence-electron chi connectivity index (χ3n) is 2.10. The first-order valence-corrected chi connectivity index (χ1v) is 8.29. The van der Waals surface area contributed by atoms with E-state index < -0.39 is 10.0 Å². The lowest BCUT2D eigenvalue weighted by molar-refractivity contribution is -0.120. The molecular weight excluding hydrogens is 310 g/mol. The van der Waals surface area contributed by atoms with Crippen molar-refractivity contribution in [2.45, 2.75) is 25.0 Å². The lowest BCUT2D eigenvalue weighted by Gasteiger charge is -2.08. The maximum atomic E-state index is 11.9. The van der Waals surface area contributed by atoms with Crippen LogP contribution in [-0.2, 0) is 14.8 Å². The minimum absolute atomic E-state index is 0.0363. The zero-order valence-corrected chi connectivity index (χ0v) is 13.2. The van der Waals surface area contributed by atoms with E-state index in [-0.39, 0.29) is 21.1 Å². The molecule has 0 aromatic carbocycles. The lowest BCUT2D eigenvalue weighted by atomic mass is 10.2. The molecule has 0 bridgehead atoms. The molecule has 0 saturated carbocycles. The number of thiazole rings is 1. The van der Waals surface area contributed by atoms with Crippen LogP contribution in [0.4, 0.5) is 0 Å². The highest BCUT2D eigenvalue weighted by atomic mass is 35.5. The normalized spacial score (nSPS) is 11.8. The van der Waals surface area contributed by atoms with Crippen molar-refractivity contribution in [2.24, 2.45) is 5.92 Å². The Morgan fingerprint density at radius 1 is 1.47 bits per heavy atom. The predicted octanol–water partition coefficient (Wildman–Crippen LogP) is 1.16. The number of carbonyl (C=O) groups excluding carboxylic acids is 1. The van der Waals surface area contributed by atoms with Crippen LogP contribution in [-0.4, -0.2) is 32.4 Å². The Morgan fingerprint density at radius 2 is 2.11 bits per heavy atom. The van der Waals surface area contributed by atoms with Crippen LogP contribution in [0.1, 0.15) is 19.5 Å². The average Bonchev–Trinajstić information content (AvgIpc) is 2.64. The molecule has 0 saturated heterocycles. The zero-order valence-electron chi connectivity index (χ0n) is 10.9. The van der Waals surface area contributed by atoms with Crippen molar-refractivity contribution < 1.29 is 13.2 Å². The van der Waals surface area contributed by atoms with Gasteiger partial charge in [0.25, 0.3) is 10.0 Å². The fourth-order valence-electron chi connectivity index (χ4n) is 1.21. The van der Waals surface area contributed by atoms with Crippen molar-refractivity contribution in [3.8, 4) is 0 Å². The van der Waals surface area contributed by atoms with Gasteiger partial charge in [-0.25, -0.2) is 18.1 Å².